The zero-order valence-corrected chi connectivity index (χ0v) is 11.3. The van der Waals surface area contributed by atoms with Gasteiger partial charge in [-0.3, -0.25) is 4.98 Å². The number of pyridine rings is 1. The SMILES string of the molecule is COC(=O)c1cccc(OC)c1OCc1ccncc1. The Morgan fingerprint density at radius 2 is 1.90 bits per heavy atom. The highest BCUT2D eigenvalue weighted by molar-refractivity contribution is 5.93. The molecular weight excluding hydrogens is 258 g/mol. The predicted molar refractivity (Wildman–Crippen MR) is 72.9 cm³/mol. The molecule has 20 heavy (non-hydrogen) atoms. The van der Waals surface area contributed by atoms with Crippen LogP contribution in [0.2, 0.25) is 0 Å². The van der Waals surface area contributed by atoms with Crippen molar-refractivity contribution in [2.24, 2.45) is 0 Å². The maximum Gasteiger partial charge on any atom is 0.341 e. The predicted octanol–water partition coefficient (Wildman–Crippen LogP) is 2.46. The van der Waals surface area contributed by atoms with Crippen molar-refractivity contribution < 1.29 is 19.0 Å². The number of carbonyl (C=O) groups excluding carboxylic acids is 1. The van der Waals surface area contributed by atoms with Crippen molar-refractivity contribution in [3.8, 4) is 11.5 Å². The largest absolute Gasteiger partial charge is 0.493 e. The Balaban J connectivity index is 2.26. The van der Waals surface area contributed by atoms with Crippen molar-refractivity contribution in [2.75, 3.05) is 14.2 Å². The third kappa shape index (κ3) is 3.06. The van der Waals surface area contributed by atoms with Crippen LogP contribution < -0.4 is 9.47 Å². The molecule has 0 N–H and O–H groups in total. The second kappa shape index (κ2) is 6.56. The van der Waals surface area contributed by atoms with Gasteiger partial charge in [-0.15, -0.1) is 0 Å². The van der Waals surface area contributed by atoms with Crippen LogP contribution in [0.3, 0.4) is 0 Å². The van der Waals surface area contributed by atoms with Crippen LogP contribution in [-0.4, -0.2) is 25.2 Å². The summed E-state index contributed by atoms with van der Waals surface area (Å²) in [5.41, 5.74) is 1.28. The number of nitrogens with zero attached hydrogens (tertiary/aromatic N) is 1. The zero-order chi connectivity index (χ0) is 14.4. The molecule has 2 aromatic rings. The first-order valence-electron chi connectivity index (χ1n) is 6.03. The molecule has 0 saturated carbocycles. The number of aromatic nitrogens is 1. The molecule has 1 aromatic heterocycles. The quantitative estimate of drug-likeness (QED) is 0.783. The number of benzene rings is 1. The summed E-state index contributed by atoms with van der Waals surface area (Å²) in [5, 5.41) is 0. The van der Waals surface area contributed by atoms with E-state index < -0.39 is 5.97 Å². The van der Waals surface area contributed by atoms with E-state index in [2.05, 4.69) is 4.98 Å². The summed E-state index contributed by atoms with van der Waals surface area (Å²) in [6.07, 6.45) is 3.37. The number of carbonyl (C=O) groups is 1. The molecule has 0 fully saturated rings. The fraction of sp³-hybridized carbons (Fsp3) is 0.200. The van der Waals surface area contributed by atoms with Gasteiger partial charge in [-0.25, -0.2) is 4.79 Å². The Bertz CT molecular complexity index is 584. The van der Waals surface area contributed by atoms with E-state index in [1.807, 2.05) is 12.1 Å². The topological polar surface area (TPSA) is 57.7 Å². The van der Waals surface area contributed by atoms with E-state index >= 15 is 0 Å². The highest BCUT2D eigenvalue weighted by Gasteiger charge is 2.17. The molecule has 2 rings (SSSR count). The highest BCUT2D eigenvalue weighted by atomic mass is 16.5. The smallest absolute Gasteiger partial charge is 0.341 e. The molecule has 0 amide bonds. The highest BCUT2D eigenvalue weighted by Crippen LogP contribution is 2.32. The first kappa shape index (κ1) is 13.9. The van der Waals surface area contributed by atoms with E-state index in [1.54, 1.807) is 30.6 Å². The van der Waals surface area contributed by atoms with Crippen LogP contribution >= 0.6 is 0 Å². The number of para-hydroxylation sites is 1. The van der Waals surface area contributed by atoms with Gasteiger partial charge in [0.15, 0.2) is 11.5 Å². The average Bonchev–Trinajstić information content (AvgIpc) is 2.52. The van der Waals surface area contributed by atoms with Gasteiger partial charge in [-0.2, -0.15) is 0 Å². The number of ether oxygens (including phenoxy) is 3. The van der Waals surface area contributed by atoms with Gasteiger partial charge in [0.05, 0.1) is 14.2 Å². The third-order valence-electron chi connectivity index (χ3n) is 2.74. The number of esters is 1. The van der Waals surface area contributed by atoms with Crippen molar-refractivity contribution in [2.45, 2.75) is 6.61 Å². The van der Waals surface area contributed by atoms with Crippen molar-refractivity contribution >= 4 is 5.97 Å². The van der Waals surface area contributed by atoms with Crippen LogP contribution in [0.1, 0.15) is 15.9 Å². The van der Waals surface area contributed by atoms with Crippen LogP contribution in [-0.2, 0) is 11.3 Å². The van der Waals surface area contributed by atoms with Crippen LogP contribution in [0, 0.1) is 0 Å². The summed E-state index contributed by atoms with van der Waals surface area (Å²) in [5.74, 6) is 0.397. The molecule has 0 bridgehead atoms. The van der Waals surface area contributed by atoms with Crippen LogP contribution in [0.5, 0.6) is 11.5 Å². The monoisotopic (exact) mass is 273 g/mol. The van der Waals surface area contributed by atoms with Gasteiger partial charge >= 0.3 is 5.97 Å². The van der Waals surface area contributed by atoms with Gasteiger partial charge in [-0.05, 0) is 29.8 Å². The molecule has 0 spiro atoms. The van der Waals surface area contributed by atoms with E-state index in [4.69, 9.17) is 14.2 Å². The number of methoxy groups -OCH3 is 2. The molecule has 5 heteroatoms. The average molecular weight is 273 g/mol. The lowest BCUT2D eigenvalue weighted by atomic mass is 10.2. The molecule has 5 nitrogen and oxygen atoms in total. The van der Waals surface area contributed by atoms with Crippen molar-refractivity contribution in [3.05, 3.63) is 53.9 Å². The summed E-state index contributed by atoms with van der Waals surface area (Å²) >= 11 is 0. The Morgan fingerprint density at radius 3 is 2.55 bits per heavy atom. The summed E-state index contributed by atoms with van der Waals surface area (Å²) in [6.45, 7) is 0.312. The number of hydrogen-bond donors (Lipinski definition) is 0. The summed E-state index contributed by atoms with van der Waals surface area (Å²) in [7, 11) is 2.85. The first-order chi connectivity index (χ1) is 9.76. The molecule has 1 aromatic carbocycles. The standard InChI is InChI=1S/C15H15NO4/c1-18-13-5-3-4-12(15(17)19-2)14(13)20-10-11-6-8-16-9-7-11/h3-9H,10H2,1-2H3. The Kier molecular flexibility index (Phi) is 4.55. The molecule has 0 aliphatic carbocycles. The zero-order valence-electron chi connectivity index (χ0n) is 11.3. The second-order valence-corrected chi connectivity index (χ2v) is 3.97. The molecule has 0 aliphatic rings. The normalized spacial score (nSPS) is 9.90. The van der Waals surface area contributed by atoms with E-state index in [-0.39, 0.29) is 0 Å². The maximum atomic E-state index is 11.7. The van der Waals surface area contributed by atoms with Crippen molar-refractivity contribution in [1.82, 2.24) is 4.98 Å². The van der Waals surface area contributed by atoms with E-state index in [0.717, 1.165) is 5.56 Å². The van der Waals surface area contributed by atoms with Gasteiger partial charge in [0.2, 0.25) is 0 Å². The second-order valence-electron chi connectivity index (χ2n) is 3.97. The summed E-state index contributed by atoms with van der Waals surface area (Å²) < 4.78 is 15.7. The molecule has 0 saturated heterocycles. The van der Waals surface area contributed by atoms with Gasteiger partial charge in [0.1, 0.15) is 12.2 Å². The molecule has 1 heterocycles. The minimum atomic E-state index is -0.464. The third-order valence-corrected chi connectivity index (χ3v) is 2.74. The number of hydrogen-bond acceptors (Lipinski definition) is 5. The Morgan fingerprint density at radius 1 is 1.15 bits per heavy atom. The minimum absolute atomic E-state index is 0.312. The van der Waals surface area contributed by atoms with Crippen LogP contribution in [0.25, 0.3) is 0 Å². The molecule has 0 aliphatic heterocycles. The maximum absolute atomic E-state index is 11.7. The summed E-state index contributed by atoms with van der Waals surface area (Å²) in [6, 6.07) is 8.76. The van der Waals surface area contributed by atoms with Gasteiger partial charge in [0.25, 0.3) is 0 Å². The lowest BCUT2D eigenvalue weighted by Gasteiger charge is -2.13. The summed E-state index contributed by atoms with van der Waals surface area (Å²) in [4.78, 5) is 15.7. The molecular formula is C15H15NO4. The van der Waals surface area contributed by atoms with Gasteiger partial charge in [-0.1, -0.05) is 6.07 Å². The lowest BCUT2D eigenvalue weighted by Crippen LogP contribution is -2.07. The molecule has 0 radical (unpaired) electrons. The first-order valence-corrected chi connectivity index (χ1v) is 6.03. The molecule has 0 atom stereocenters. The fourth-order valence-electron chi connectivity index (χ4n) is 1.73. The van der Waals surface area contributed by atoms with E-state index in [9.17, 15) is 4.79 Å². The fourth-order valence-corrected chi connectivity index (χ4v) is 1.73. The van der Waals surface area contributed by atoms with E-state index in [1.165, 1.54) is 14.2 Å². The Hall–Kier alpha value is -2.56. The van der Waals surface area contributed by atoms with Crippen LogP contribution in [0.15, 0.2) is 42.7 Å². The minimum Gasteiger partial charge on any atom is -0.493 e. The van der Waals surface area contributed by atoms with Gasteiger partial charge in [0, 0.05) is 12.4 Å². The van der Waals surface area contributed by atoms with Gasteiger partial charge < -0.3 is 14.2 Å². The van der Waals surface area contributed by atoms with E-state index in [0.29, 0.717) is 23.7 Å². The Labute approximate surface area is 117 Å². The number of rotatable bonds is 5. The molecule has 0 unspecified atom stereocenters. The van der Waals surface area contributed by atoms with Crippen LogP contribution in [0.4, 0.5) is 0 Å². The van der Waals surface area contributed by atoms with Crippen molar-refractivity contribution in [1.29, 1.82) is 0 Å². The van der Waals surface area contributed by atoms with Crippen molar-refractivity contribution in [3.63, 3.8) is 0 Å². The molecule has 104 valence electrons. The lowest BCUT2D eigenvalue weighted by molar-refractivity contribution is 0.0594.